The monoisotopic (exact) mass is 874 g/mol. The number of esters is 1. The molecular weight excluding hydrogens is 831 g/mol. The van der Waals surface area contributed by atoms with Crippen molar-refractivity contribution >= 4 is 51.8 Å². The fourth-order valence-corrected chi connectivity index (χ4v) is 9.06. The Labute approximate surface area is 358 Å². The molecule has 0 aliphatic carbocycles. The van der Waals surface area contributed by atoms with Gasteiger partial charge < -0.3 is 34.4 Å². The highest BCUT2D eigenvalue weighted by Gasteiger charge is 2.70. The van der Waals surface area contributed by atoms with Gasteiger partial charge in [0, 0.05) is 49.4 Å². The first-order valence-corrected chi connectivity index (χ1v) is 20.5. The molecule has 2 amide bonds. The normalized spacial score (nSPS) is 21.4. The number of para-hydroxylation sites is 1. The van der Waals surface area contributed by atoms with Crippen molar-refractivity contribution in [1.82, 2.24) is 9.88 Å². The van der Waals surface area contributed by atoms with E-state index in [0.29, 0.717) is 35.4 Å². The van der Waals surface area contributed by atoms with Crippen LogP contribution in [0.5, 0.6) is 5.75 Å². The van der Waals surface area contributed by atoms with E-state index >= 15 is 0 Å². The molecule has 324 valence electrons. The lowest BCUT2D eigenvalue weighted by Crippen LogP contribution is -2.60. The molecule has 0 saturated carbocycles. The number of hydrogen-bond donors (Lipinski definition) is 4. The van der Waals surface area contributed by atoms with Crippen LogP contribution >= 0.6 is 11.6 Å². The fourth-order valence-electron chi connectivity index (χ4n) is 8.81. The number of pyridine rings is 1. The summed E-state index contributed by atoms with van der Waals surface area (Å²) >= 11 is 6.54. The minimum atomic E-state index is -5.27. The van der Waals surface area contributed by atoms with Gasteiger partial charge in [0.05, 0.1) is 36.0 Å². The van der Waals surface area contributed by atoms with Crippen molar-refractivity contribution in [2.24, 2.45) is 0 Å². The van der Waals surface area contributed by atoms with Gasteiger partial charge >= 0.3 is 18.2 Å². The molecule has 4 aromatic carbocycles. The number of aromatic nitrogens is 1. The number of ether oxygens (including phenoxy) is 3. The summed E-state index contributed by atoms with van der Waals surface area (Å²) in [5, 5.41) is 20.3. The molecule has 3 aliphatic rings. The van der Waals surface area contributed by atoms with Gasteiger partial charge in [-0.05, 0) is 53.4 Å². The Hall–Kier alpha value is -5.78. The summed E-state index contributed by atoms with van der Waals surface area (Å²) in [4.78, 5) is 50.9. The van der Waals surface area contributed by atoms with E-state index in [1.807, 2.05) is 48.5 Å². The number of piperidine rings is 1. The number of amides is 2. The summed E-state index contributed by atoms with van der Waals surface area (Å²) in [6.07, 6.45) is -5.14. The maximum atomic E-state index is 13.3. The fraction of sp³-hybridized carbons (Fsp3) is 0.333. The second-order valence-corrected chi connectivity index (χ2v) is 16.7. The number of morpholine rings is 1. The first-order valence-electron chi connectivity index (χ1n) is 20.1. The first-order chi connectivity index (χ1) is 29.6. The van der Waals surface area contributed by atoms with Crippen molar-refractivity contribution in [2.75, 3.05) is 31.3 Å². The van der Waals surface area contributed by atoms with Crippen molar-refractivity contribution in [3.05, 3.63) is 124 Å². The van der Waals surface area contributed by atoms with Gasteiger partial charge in [0.1, 0.15) is 36.6 Å². The van der Waals surface area contributed by atoms with Crippen molar-refractivity contribution < 1.29 is 51.4 Å². The minimum absolute atomic E-state index is 0.111. The minimum Gasteiger partial charge on any atom is -0.445 e. The first kappa shape index (κ1) is 42.9. The van der Waals surface area contributed by atoms with Gasteiger partial charge in [-0.1, -0.05) is 72.3 Å². The number of aryl methyl sites for hydroxylation is 1. The molecule has 6 atom stereocenters. The van der Waals surface area contributed by atoms with Crippen LogP contribution in [0.2, 0.25) is 5.02 Å². The van der Waals surface area contributed by atoms with Crippen molar-refractivity contribution in [2.45, 2.75) is 75.0 Å². The van der Waals surface area contributed by atoms with Gasteiger partial charge in [-0.15, -0.1) is 0 Å². The quantitative estimate of drug-likeness (QED) is 0.0425. The summed E-state index contributed by atoms with van der Waals surface area (Å²) in [6, 6.07) is 27.3. The van der Waals surface area contributed by atoms with E-state index in [4.69, 9.17) is 21.1 Å². The number of hydrogen-bond acceptors (Lipinski definition) is 9. The van der Waals surface area contributed by atoms with Gasteiger partial charge in [-0.25, -0.2) is 9.59 Å². The number of likely N-dealkylation sites (N-methyl/N-ethyl adjacent to an activating group) is 1. The van der Waals surface area contributed by atoms with Crippen molar-refractivity contribution in [3.63, 3.8) is 0 Å². The number of nitrogens with zero attached hydrogens (tertiary/aromatic N) is 2. The van der Waals surface area contributed by atoms with Crippen molar-refractivity contribution in [3.8, 4) is 16.9 Å². The third kappa shape index (κ3) is 9.06. The van der Waals surface area contributed by atoms with Crippen LogP contribution < -0.4 is 26.2 Å². The number of anilines is 2. The van der Waals surface area contributed by atoms with Crippen LogP contribution in [0.25, 0.3) is 22.0 Å². The summed E-state index contributed by atoms with van der Waals surface area (Å²) in [7, 11) is 4.44. The Morgan fingerprint density at radius 3 is 2.34 bits per heavy atom. The number of carbonyl (C=O) groups is 3. The number of alkyl halides is 3. The number of carbonyl (C=O) groups excluding carboxylic acids is 3. The maximum absolute atomic E-state index is 13.3. The zero-order valence-corrected chi connectivity index (χ0v) is 34.4. The average Bonchev–Trinajstić information content (AvgIpc) is 4.00. The number of quaternary nitrogens is 1. The second-order valence-electron chi connectivity index (χ2n) is 16.3. The summed E-state index contributed by atoms with van der Waals surface area (Å²) in [6.45, 7) is -0.0737. The molecule has 4 N–H and O–H groups in total. The van der Waals surface area contributed by atoms with E-state index in [-0.39, 0.29) is 59.7 Å². The molecule has 1 unspecified atom stereocenters. The standard InChI is InChI=1S/C45H43ClF3N5O8/c1-54(2)34-21-29(22-35(54)42-41(34)62-42)60-44(59)52-33-20-25(11-15-30(33)27-7-4-3-5-8-27)13-17-37(55)51-32-16-12-26(19-31(32)46)23-50-24-39(57)53-38(56)18-14-28-9-6-10-36(40(28)53)61-43(58)45(47,48)49/h3-12,14-16,18-20,29,34-35,39,41-42,50,57H,13,17,21-24H2,1-2H3,(H-,51,52,55,59)/p+1/t29?,34-,35+,39-,41-,42+/m1/s1. The smallest absolute Gasteiger partial charge is 0.445 e. The molecule has 13 nitrogen and oxygen atoms in total. The van der Waals surface area contributed by atoms with Gasteiger partial charge in [0.15, 0.2) is 5.75 Å². The van der Waals surface area contributed by atoms with Gasteiger partial charge in [-0.2, -0.15) is 13.2 Å². The predicted octanol–water partition coefficient (Wildman–Crippen LogP) is 6.95. The molecule has 8 rings (SSSR count). The van der Waals surface area contributed by atoms with Crippen LogP contribution in [0, 0.1) is 0 Å². The van der Waals surface area contributed by atoms with Crippen LogP contribution in [0.3, 0.4) is 0 Å². The number of nitrogens with one attached hydrogen (secondary N) is 3. The van der Waals surface area contributed by atoms with E-state index in [0.717, 1.165) is 50.7 Å². The molecule has 17 heteroatoms. The summed E-state index contributed by atoms with van der Waals surface area (Å²) in [5.41, 5.74) is 3.22. The lowest BCUT2D eigenvalue weighted by molar-refractivity contribution is -0.938. The molecule has 2 bridgehead atoms. The third-order valence-corrected chi connectivity index (χ3v) is 12.3. The SMILES string of the molecule is C[N+]1(C)[C@@H]2CC(OC(=O)Nc3cc(CCC(=O)Nc4ccc(CNC[C@@H](O)n5c(=O)ccc6cccc(OC(=O)C(F)(F)F)c65)cc4Cl)ccc3-c3ccccc3)C[C@H]1[C@@H]1O[C@@H]12. The zero-order chi connectivity index (χ0) is 43.9. The number of halogens is 4. The van der Waals surface area contributed by atoms with Crippen LogP contribution in [0.4, 0.5) is 29.3 Å². The van der Waals surface area contributed by atoms with E-state index < -0.39 is 35.8 Å². The average molecular weight is 875 g/mol. The number of rotatable bonds is 13. The summed E-state index contributed by atoms with van der Waals surface area (Å²) in [5.74, 6) is -3.30. The molecular formula is C45H44ClF3N5O8+. The molecule has 3 aliphatic heterocycles. The molecule has 5 aromatic rings. The number of epoxide rings is 1. The maximum Gasteiger partial charge on any atom is 0.491 e. The highest BCUT2D eigenvalue weighted by molar-refractivity contribution is 6.33. The highest BCUT2D eigenvalue weighted by Crippen LogP contribution is 2.51. The molecule has 0 radical (unpaired) electrons. The molecule has 62 heavy (non-hydrogen) atoms. The summed E-state index contributed by atoms with van der Waals surface area (Å²) < 4.78 is 57.0. The number of fused-ring (bicyclic) bond motifs is 6. The number of benzene rings is 4. The Morgan fingerprint density at radius 1 is 0.903 bits per heavy atom. The molecule has 4 heterocycles. The number of aliphatic hydroxyl groups is 1. The Kier molecular flexibility index (Phi) is 11.9. The topological polar surface area (TPSA) is 161 Å². The van der Waals surface area contributed by atoms with Crippen LogP contribution in [0.15, 0.2) is 102 Å². The zero-order valence-electron chi connectivity index (χ0n) is 33.7. The van der Waals surface area contributed by atoms with Crippen LogP contribution in [-0.4, -0.2) is 89.3 Å². The highest BCUT2D eigenvalue weighted by atomic mass is 35.5. The Morgan fingerprint density at radius 2 is 1.63 bits per heavy atom. The van der Waals surface area contributed by atoms with Gasteiger partial charge in [0.2, 0.25) is 5.91 Å². The molecule has 1 aromatic heterocycles. The second kappa shape index (κ2) is 17.2. The lowest BCUT2D eigenvalue weighted by atomic mass is 9.96. The number of aliphatic hydroxyl groups excluding tert-OH is 1. The molecule has 0 spiro atoms. The van der Waals surface area contributed by atoms with Crippen LogP contribution in [0.1, 0.15) is 36.6 Å². The van der Waals surface area contributed by atoms with Gasteiger partial charge in [-0.3, -0.25) is 19.5 Å². The Balaban J connectivity index is 0.863. The largest absolute Gasteiger partial charge is 0.491 e. The molecule has 3 fully saturated rings. The third-order valence-electron chi connectivity index (χ3n) is 12.0. The predicted molar refractivity (Wildman–Crippen MR) is 225 cm³/mol. The van der Waals surface area contributed by atoms with Gasteiger partial charge in [0.25, 0.3) is 5.56 Å². The molecule has 3 saturated heterocycles. The van der Waals surface area contributed by atoms with E-state index in [1.54, 1.807) is 18.2 Å². The van der Waals surface area contributed by atoms with E-state index in [9.17, 15) is 37.5 Å². The lowest BCUT2D eigenvalue weighted by Gasteiger charge is -2.45. The van der Waals surface area contributed by atoms with Crippen LogP contribution in [-0.2, 0) is 32.0 Å². The van der Waals surface area contributed by atoms with Crippen molar-refractivity contribution in [1.29, 1.82) is 0 Å². The Bertz CT molecular complexity index is 2570. The van der Waals surface area contributed by atoms with E-state index in [2.05, 4.69) is 34.8 Å². The van der Waals surface area contributed by atoms with E-state index in [1.165, 1.54) is 18.2 Å².